The van der Waals surface area contributed by atoms with Gasteiger partial charge in [0, 0.05) is 37.3 Å². The number of ether oxygens (including phenoxy) is 1. The van der Waals surface area contributed by atoms with Crippen molar-refractivity contribution in [3.8, 4) is 17.2 Å². The minimum atomic E-state index is -0.566. The average molecular weight is 501 g/mol. The van der Waals surface area contributed by atoms with Crippen LogP contribution in [-0.4, -0.2) is 61.0 Å². The highest BCUT2D eigenvalue weighted by Gasteiger charge is 2.27. The molecule has 1 fully saturated rings. The molecule has 0 radical (unpaired) electrons. The molecule has 1 N–H and O–H groups in total. The minimum Gasteiger partial charge on any atom is -0.444 e. The van der Waals surface area contributed by atoms with Crippen molar-refractivity contribution >= 4 is 23.0 Å². The third-order valence-electron chi connectivity index (χ3n) is 6.44. The van der Waals surface area contributed by atoms with Crippen LogP contribution in [0.4, 0.5) is 4.79 Å². The molecule has 0 unspecified atom stereocenters. The van der Waals surface area contributed by atoms with Gasteiger partial charge in [-0.05, 0) is 57.9 Å². The Hall–Kier alpha value is -4.14. The number of piperidine rings is 1. The molecule has 0 bridgehead atoms. The number of carbonyl (C=O) groups excluding carboxylic acids is 2. The van der Waals surface area contributed by atoms with E-state index < -0.39 is 11.7 Å². The highest BCUT2D eigenvalue weighted by Crippen LogP contribution is 2.25. The van der Waals surface area contributed by atoms with E-state index in [-0.39, 0.29) is 11.9 Å². The second kappa shape index (κ2) is 9.72. The molecule has 9 heteroatoms. The summed E-state index contributed by atoms with van der Waals surface area (Å²) in [6, 6.07) is 17.4. The summed E-state index contributed by atoms with van der Waals surface area (Å²) in [4.78, 5) is 32.2. The van der Waals surface area contributed by atoms with E-state index in [4.69, 9.17) is 9.72 Å². The molecule has 2 amide bonds. The number of aryl methyl sites for hydroxylation is 1. The van der Waals surface area contributed by atoms with Crippen LogP contribution < -0.4 is 5.32 Å². The van der Waals surface area contributed by atoms with Gasteiger partial charge in [-0.15, -0.1) is 0 Å². The lowest BCUT2D eigenvalue weighted by atomic mass is 10.0. The number of amides is 2. The molecular weight excluding hydrogens is 468 g/mol. The predicted molar refractivity (Wildman–Crippen MR) is 142 cm³/mol. The van der Waals surface area contributed by atoms with E-state index in [2.05, 4.69) is 10.4 Å². The Bertz CT molecular complexity index is 1430. The third kappa shape index (κ3) is 5.21. The Morgan fingerprint density at radius 3 is 2.62 bits per heavy atom. The van der Waals surface area contributed by atoms with Gasteiger partial charge in [0.2, 0.25) is 5.95 Å². The van der Waals surface area contributed by atoms with Crippen LogP contribution in [0.1, 0.15) is 44.0 Å². The second-order valence-corrected chi connectivity index (χ2v) is 10.4. The molecule has 1 atom stereocenters. The second-order valence-electron chi connectivity index (χ2n) is 10.4. The Morgan fingerprint density at radius 1 is 1.08 bits per heavy atom. The lowest BCUT2D eigenvalue weighted by Crippen LogP contribution is -2.50. The largest absolute Gasteiger partial charge is 0.444 e. The van der Waals surface area contributed by atoms with Gasteiger partial charge >= 0.3 is 6.09 Å². The van der Waals surface area contributed by atoms with Crippen LogP contribution in [0.2, 0.25) is 0 Å². The van der Waals surface area contributed by atoms with Gasteiger partial charge in [0.1, 0.15) is 5.60 Å². The zero-order valence-electron chi connectivity index (χ0n) is 21.6. The number of carbonyl (C=O) groups is 2. The molecule has 0 aliphatic carbocycles. The first-order valence-corrected chi connectivity index (χ1v) is 12.5. The van der Waals surface area contributed by atoms with Gasteiger partial charge < -0.3 is 19.5 Å². The molecule has 1 saturated heterocycles. The van der Waals surface area contributed by atoms with Crippen molar-refractivity contribution in [3.05, 3.63) is 66.4 Å². The van der Waals surface area contributed by atoms with Gasteiger partial charge in [-0.3, -0.25) is 4.79 Å². The van der Waals surface area contributed by atoms with Crippen LogP contribution in [0.3, 0.4) is 0 Å². The van der Waals surface area contributed by atoms with Crippen LogP contribution in [0.15, 0.2) is 60.8 Å². The summed E-state index contributed by atoms with van der Waals surface area (Å²) in [5.74, 6) is 0.594. The summed E-state index contributed by atoms with van der Waals surface area (Å²) in [5, 5.41) is 7.42. The van der Waals surface area contributed by atoms with E-state index in [9.17, 15) is 9.59 Å². The summed E-state index contributed by atoms with van der Waals surface area (Å²) in [7, 11) is 1.94. The SMILES string of the molecule is Cn1c(-n2nccc2-c2ccccc2)nc2cc(C(=O)N3CCC[C@@H](NC(=O)OC(C)(C)C)C3)ccc21. The predicted octanol–water partition coefficient (Wildman–Crippen LogP) is 4.56. The van der Waals surface area contributed by atoms with E-state index in [1.807, 2.05) is 91.7 Å². The Labute approximate surface area is 216 Å². The van der Waals surface area contributed by atoms with Gasteiger partial charge in [0.15, 0.2) is 0 Å². The number of likely N-dealkylation sites (tertiary alicyclic amines) is 1. The zero-order chi connectivity index (χ0) is 26.2. The van der Waals surface area contributed by atoms with Gasteiger partial charge in [0.05, 0.1) is 22.9 Å². The zero-order valence-corrected chi connectivity index (χ0v) is 21.6. The molecule has 3 heterocycles. The first-order valence-electron chi connectivity index (χ1n) is 12.5. The monoisotopic (exact) mass is 500 g/mol. The molecule has 37 heavy (non-hydrogen) atoms. The number of fused-ring (bicyclic) bond motifs is 1. The Morgan fingerprint density at radius 2 is 1.86 bits per heavy atom. The fraction of sp³-hybridized carbons (Fsp3) is 0.357. The smallest absolute Gasteiger partial charge is 0.407 e. The van der Waals surface area contributed by atoms with Crippen molar-refractivity contribution < 1.29 is 14.3 Å². The van der Waals surface area contributed by atoms with Crippen molar-refractivity contribution in [3.63, 3.8) is 0 Å². The van der Waals surface area contributed by atoms with E-state index >= 15 is 0 Å². The maximum Gasteiger partial charge on any atom is 0.407 e. The van der Waals surface area contributed by atoms with Crippen molar-refractivity contribution in [2.75, 3.05) is 13.1 Å². The lowest BCUT2D eigenvalue weighted by Gasteiger charge is -2.33. The van der Waals surface area contributed by atoms with Crippen LogP contribution in [0.5, 0.6) is 0 Å². The summed E-state index contributed by atoms with van der Waals surface area (Å²) >= 11 is 0. The molecule has 4 aromatic rings. The lowest BCUT2D eigenvalue weighted by molar-refractivity contribution is 0.0452. The number of hydrogen-bond donors (Lipinski definition) is 1. The maximum absolute atomic E-state index is 13.4. The van der Waals surface area contributed by atoms with E-state index in [1.165, 1.54) is 0 Å². The van der Waals surface area contributed by atoms with Gasteiger partial charge in [-0.2, -0.15) is 9.78 Å². The number of alkyl carbamates (subject to hydrolysis) is 1. The number of imidazole rings is 1. The van der Waals surface area contributed by atoms with Crippen molar-refractivity contribution in [1.29, 1.82) is 0 Å². The highest BCUT2D eigenvalue weighted by atomic mass is 16.6. The van der Waals surface area contributed by atoms with E-state index in [0.717, 1.165) is 35.1 Å². The van der Waals surface area contributed by atoms with E-state index in [0.29, 0.717) is 24.6 Å². The third-order valence-corrected chi connectivity index (χ3v) is 6.44. The fourth-order valence-electron chi connectivity index (χ4n) is 4.74. The molecule has 5 rings (SSSR count). The molecule has 2 aromatic heterocycles. The summed E-state index contributed by atoms with van der Waals surface area (Å²) in [6.07, 6.45) is 2.92. The van der Waals surface area contributed by atoms with Crippen LogP contribution in [0, 0.1) is 0 Å². The Kier molecular flexibility index (Phi) is 6.45. The molecular formula is C28H32N6O3. The Balaban J connectivity index is 1.36. The number of nitrogens with one attached hydrogen (secondary N) is 1. The number of benzene rings is 2. The van der Waals surface area contributed by atoms with Gasteiger partial charge in [-0.1, -0.05) is 30.3 Å². The highest BCUT2D eigenvalue weighted by molar-refractivity contribution is 5.97. The first kappa shape index (κ1) is 24.5. The van der Waals surface area contributed by atoms with Crippen LogP contribution in [-0.2, 0) is 11.8 Å². The van der Waals surface area contributed by atoms with E-state index in [1.54, 1.807) is 11.1 Å². The summed E-state index contributed by atoms with van der Waals surface area (Å²) in [6.45, 7) is 6.58. The topological polar surface area (TPSA) is 94.3 Å². The first-order chi connectivity index (χ1) is 17.7. The molecule has 2 aromatic carbocycles. The fourth-order valence-corrected chi connectivity index (χ4v) is 4.74. The van der Waals surface area contributed by atoms with Crippen LogP contribution in [0.25, 0.3) is 28.2 Å². The van der Waals surface area contributed by atoms with Crippen LogP contribution >= 0.6 is 0 Å². The van der Waals surface area contributed by atoms with Gasteiger partial charge in [-0.25, -0.2) is 9.78 Å². The molecule has 0 saturated carbocycles. The average Bonchev–Trinajstić information content (AvgIpc) is 3.47. The molecule has 9 nitrogen and oxygen atoms in total. The standard InChI is InChI=1S/C28H32N6O3/c1-28(2,3)37-27(36)30-21-11-8-16-33(18-21)25(35)20-12-13-24-22(17-20)31-26(32(24)4)34-23(14-15-29-34)19-9-6-5-7-10-19/h5-7,9-10,12-15,17,21H,8,11,16,18H2,1-4H3,(H,30,36)/t21-/m1/s1. The quantitative estimate of drug-likeness (QED) is 0.444. The number of nitrogens with zero attached hydrogens (tertiary/aromatic N) is 5. The molecule has 1 aliphatic rings. The molecule has 192 valence electrons. The van der Waals surface area contributed by atoms with Crippen molar-refractivity contribution in [1.82, 2.24) is 29.5 Å². The molecule has 0 spiro atoms. The normalized spacial score (nSPS) is 16.1. The van der Waals surface area contributed by atoms with Crippen molar-refractivity contribution in [2.45, 2.75) is 45.3 Å². The number of aromatic nitrogens is 4. The van der Waals surface area contributed by atoms with Gasteiger partial charge in [0.25, 0.3) is 5.91 Å². The number of hydrogen-bond acceptors (Lipinski definition) is 5. The molecule has 1 aliphatic heterocycles. The maximum atomic E-state index is 13.4. The minimum absolute atomic E-state index is 0.0751. The van der Waals surface area contributed by atoms with Crippen molar-refractivity contribution in [2.24, 2.45) is 7.05 Å². The summed E-state index contributed by atoms with van der Waals surface area (Å²) < 4.78 is 9.17. The number of rotatable bonds is 4. The summed E-state index contributed by atoms with van der Waals surface area (Å²) in [5.41, 5.74) is 3.61.